The molecule has 1 saturated heterocycles. The molecule has 2 aliphatic heterocycles. The summed E-state index contributed by atoms with van der Waals surface area (Å²) >= 11 is 0. The predicted octanol–water partition coefficient (Wildman–Crippen LogP) is 1.13. The number of likely N-dealkylation sites (tertiary alicyclic amines) is 1. The quantitative estimate of drug-likeness (QED) is 0.793. The van der Waals surface area contributed by atoms with Crippen LogP contribution in [0.15, 0.2) is 53.3 Å². The number of benzene rings is 1. The Hall–Kier alpha value is -2.45. The number of hydrogen-bond donors (Lipinski definition) is 1. The van der Waals surface area contributed by atoms with Gasteiger partial charge < -0.3 is 9.47 Å². The fraction of sp³-hybridized carbons (Fsp3) is 0.429. The molecule has 1 N–H and O–H groups in total. The second kappa shape index (κ2) is 7.76. The van der Waals surface area contributed by atoms with E-state index >= 15 is 0 Å². The minimum absolute atomic E-state index is 0.00310. The number of carbonyl (C=O) groups is 1. The monoisotopic (exact) mass is 415 g/mol. The first-order valence-corrected chi connectivity index (χ1v) is 11.7. The standard InChI is InChI=1S/C21H25N3O4S/c1-29(27,28)22-12-21(26)23-13-16-11-17(14-23)19(10-15-6-3-2-4-7-15)24-18(16)8-5-9-20(24)25/h2-9,16-17,19,22H,10-14H2,1H3/t16-,17+,19+/m1/s1. The van der Waals surface area contributed by atoms with Crippen LogP contribution in [0.1, 0.15) is 29.6 Å². The van der Waals surface area contributed by atoms with Gasteiger partial charge in [0.2, 0.25) is 15.9 Å². The Morgan fingerprint density at radius 2 is 1.86 bits per heavy atom. The van der Waals surface area contributed by atoms with Crippen molar-refractivity contribution in [1.29, 1.82) is 0 Å². The van der Waals surface area contributed by atoms with E-state index in [-0.39, 0.29) is 35.9 Å². The predicted molar refractivity (Wildman–Crippen MR) is 110 cm³/mol. The van der Waals surface area contributed by atoms with Crippen LogP contribution >= 0.6 is 0 Å². The van der Waals surface area contributed by atoms with Crippen molar-refractivity contribution in [3.8, 4) is 0 Å². The number of piperidine rings is 1. The Balaban J connectivity index is 1.64. The molecule has 0 saturated carbocycles. The molecule has 0 aliphatic carbocycles. The molecule has 2 bridgehead atoms. The summed E-state index contributed by atoms with van der Waals surface area (Å²) in [4.78, 5) is 27.1. The lowest BCUT2D eigenvalue weighted by Crippen LogP contribution is -2.53. The zero-order chi connectivity index (χ0) is 20.6. The molecule has 1 amide bonds. The lowest BCUT2D eigenvalue weighted by molar-refractivity contribution is -0.133. The van der Waals surface area contributed by atoms with E-state index in [1.807, 2.05) is 28.8 Å². The number of aromatic nitrogens is 1. The van der Waals surface area contributed by atoms with Crippen LogP contribution in [-0.2, 0) is 21.2 Å². The summed E-state index contributed by atoms with van der Waals surface area (Å²) in [5.41, 5.74) is 2.11. The lowest BCUT2D eigenvalue weighted by atomic mass is 9.76. The summed E-state index contributed by atoms with van der Waals surface area (Å²) in [6.45, 7) is 0.796. The second-order valence-electron chi connectivity index (χ2n) is 8.00. The first-order valence-electron chi connectivity index (χ1n) is 9.79. The maximum atomic E-state index is 12.7. The summed E-state index contributed by atoms with van der Waals surface area (Å²) in [7, 11) is -3.43. The molecular weight excluding hydrogens is 390 g/mol. The molecule has 2 aliphatic rings. The van der Waals surface area contributed by atoms with Gasteiger partial charge in [-0.05, 0) is 30.4 Å². The maximum absolute atomic E-state index is 12.7. The molecule has 1 aromatic carbocycles. The molecule has 3 heterocycles. The number of sulfonamides is 1. The number of hydrogen-bond acceptors (Lipinski definition) is 4. The summed E-state index contributed by atoms with van der Waals surface area (Å²) in [6, 6.07) is 15.4. The highest BCUT2D eigenvalue weighted by atomic mass is 32.2. The van der Waals surface area contributed by atoms with Crippen LogP contribution in [0.4, 0.5) is 0 Å². The highest BCUT2D eigenvalue weighted by Gasteiger charge is 2.41. The van der Waals surface area contributed by atoms with Crippen LogP contribution in [0.3, 0.4) is 0 Å². The number of fused-ring (bicyclic) bond motifs is 4. The molecule has 8 heteroatoms. The van der Waals surface area contributed by atoms with Crippen LogP contribution < -0.4 is 10.3 Å². The van der Waals surface area contributed by atoms with Crippen LogP contribution in [0, 0.1) is 5.92 Å². The van der Waals surface area contributed by atoms with Crippen LogP contribution in [0.25, 0.3) is 0 Å². The first kappa shape index (κ1) is 19.8. The van der Waals surface area contributed by atoms with E-state index in [9.17, 15) is 18.0 Å². The summed E-state index contributed by atoms with van der Waals surface area (Å²) < 4.78 is 26.9. The summed E-state index contributed by atoms with van der Waals surface area (Å²) in [5.74, 6) is -0.00379. The molecule has 0 radical (unpaired) electrons. The normalized spacial score (nSPS) is 23.5. The van der Waals surface area contributed by atoms with E-state index in [2.05, 4.69) is 16.9 Å². The van der Waals surface area contributed by atoms with Crippen LogP contribution in [0.2, 0.25) is 0 Å². The molecule has 4 rings (SSSR count). The van der Waals surface area contributed by atoms with E-state index in [1.165, 1.54) is 0 Å². The fourth-order valence-electron chi connectivity index (χ4n) is 4.67. The van der Waals surface area contributed by atoms with Gasteiger partial charge in [-0.2, -0.15) is 0 Å². The molecule has 1 aromatic heterocycles. The average molecular weight is 416 g/mol. The van der Waals surface area contributed by atoms with Crippen molar-refractivity contribution in [2.45, 2.75) is 24.8 Å². The molecule has 2 aromatic rings. The third-order valence-electron chi connectivity index (χ3n) is 5.92. The maximum Gasteiger partial charge on any atom is 0.251 e. The minimum Gasteiger partial charge on any atom is -0.341 e. The second-order valence-corrected chi connectivity index (χ2v) is 9.83. The van der Waals surface area contributed by atoms with Gasteiger partial charge in [0.05, 0.1) is 12.8 Å². The molecule has 154 valence electrons. The molecule has 1 fully saturated rings. The smallest absolute Gasteiger partial charge is 0.251 e. The van der Waals surface area contributed by atoms with Crippen molar-refractivity contribution < 1.29 is 13.2 Å². The lowest BCUT2D eigenvalue weighted by Gasteiger charge is -2.47. The van der Waals surface area contributed by atoms with Gasteiger partial charge in [-0.3, -0.25) is 9.59 Å². The third-order valence-corrected chi connectivity index (χ3v) is 6.59. The number of rotatable bonds is 5. The number of pyridine rings is 1. The van der Waals surface area contributed by atoms with Crippen molar-refractivity contribution in [3.05, 3.63) is 70.1 Å². The van der Waals surface area contributed by atoms with Crippen molar-refractivity contribution in [2.24, 2.45) is 5.92 Å². The van der Waals surface area contributed by atoms with E-state index in [0.29, 0.717) is 13.1 Å². The number of nitrogens with one attached hydrogen (secondary N) is 1. The first-order chi connectivity index (χ1) is 13.8. The van der Waals surface area contributed by atoms with Gasteiger partial charge in [-0.25, -0.2) is 13.1 Å². The average Bonchev–Trinajstić information content (AvgIpc) is 2.69. The molecule has 3 atom stereocenters. The molecule has 0 spiro atoms. The summed E-state index contributed by atoms with van der Waals surface area (Å²) in [5, 5.41) is 0. The highest BCUT2D eigenvalue weighted by molar-refractivity contribution is 7.88. The Morgan fingerprint density at radius 1 is 1.10 bits per heavy atom. The molecule has 29 heavy (non-hydrogen) atoms. The zero-order valence-electron chi connectivity index (χ0n) is 16.3. The Labute approximate surface area is 170 Å². The molecule has 0 unspecified atom stereocenters. The van der Waals surface area contributed by atoms with E-state index in [1.54, 1.807) is 17.0 Å². The fourth-order valence-corrected chi connectivity index (χ4v) is 5.05. The van der Waals surface area contributed by atoms with E-state index < -0.39 is 10.0 Å². The van der Waals surface area contributed by atoms with Gasteiger partial charge in [0, 0.05) is 36.8 Å². The SMILES string of the molecule is CS(=O)(=O)NCC(=O)N1C[C@H]2C[C@@H](C1)[C@H](Cc1ccccc1)n1c2cccc1=O. The van der Waals surface area contributed by atoms with Crippen molar-refractivity contribution in [2.75, 3.05) is 25.9 Å². The van der Waals surface area contributed by atoms with Gasteiger partial charge >= 0.3 is 0 Å². The number of nitrogens with zero attached hydrogens (tertiary/aromatic N) is 2. The van der Waals surface area contributed by atoms with Gasteiger partial charge in [-0.1, -0.05) is 36.4 Å². The zero-order valence-corrected chi connectivity index (χ0v) is 17.1. The largest absolute Gasteiger partial charge is 0.341 e. The van der Waals surface area contributed by atoms with Crippen molar-refractivity contribution >= 4 is 15.9 Å². The minimum atomic E-state index is -3.43. The number of amides is 1. The Morgan fingerprint density at radius 3 is 2.59 bits per heavy atom. The van der Waals surface area contributed by atoms with Crippen molar-refractivity contribution in [3.63, 3.8) is 0 Å². The van der Waals surface area contributed by atoms with E-state index in [0.717, 1.165) is 30.4 Å². The summed E-state index contributed by atoms with van der Waals surface area (Å²) in [6.07, 6.45) is 2.69. The Bertz CT molecular complexity index is 1060. The van der Waals surface area contributed by atoms with E-state index in [4.69, 9.17) is 0 Å². The van der Waals surface area contributed by atoms with Gasteiger partial charge in [0.15, 0.2) is 0 Å². The topological polar surface area (TPSA) is 88.5 Å². The highest BCUT2D eigenvalue weighted by Crippen LogP contribution is 2.42. The molecular formula is C21H25N3O4S. The van der Waals surface area contributed by atoms with Gasteiger partial charge in [-0.15, -0.1) is 0 Å². The van der Waals surface area contributed by atoms with Crippen molar-refractivity contribution in [1.82, 2.24) is 14.2 Å². The molecule has 7 nitrogen and oxygen atoms in total. The van der Waals surface area contributed by atoms with Gasteiger partial charge in [0.25, 0.3) is 5.56 Å². The third kappa shape index (κ3) is 4.28. The van der Waals surface area contributed by atoms with Gasteiger partial charge in [0.1, 0.15) is 0 Å². The van der Waals surface area contributed by atoms with Crippen LogP contribution in [-0.4, -0.2) is 49.7 Å². The number of carbonyl (C=O) groups excluding carboxylic acids is 1. The van der Waals surface area contributed by atoms with Crippen LogP contribution in [0.5, 0.6) is 0 Å². The Kier molecular flexibility index (Phi) is 5.31.